The molecule has 0 spiro atoms. The Morgan fingerprint density at radius 2 is 2.00 bits per heavy atom. The maximum absolute atomic E-state index is 13.2. The second kappa shape index (κ2) is 10.1. The van der Waals surface area contributed by atoms with Gasteiger partial charge in [-0.1, -0.05) is 11.6 Å². The molecule has 3 heterocycles. The lowest BCUT2D eigenvalue weighted by atomic mass is 9.95. The van der Waals surface area contributed by atoms with Crippen molar-refractivity contribution < 1.29 is 9.21 Å². The number of halogens is 1. The van der Waals surface area contributed by atoms with E-state index in [1.54, 1.807) is 48.0 Å². The fraction of sp³-hybridized carbons (Fsp3) is 0.200. The molecule has 0 unspecified atom stereocenters. The number of nitrogens with one attached hydrogen (secondary N) is 1. The first-order chi connectivity index (χ1) is 16.5. The first kappa shape index (κ1) is 22.8. The van der Waals surface area contributed by atoms with Gasteiger partial charge in [0.2, 0.25) is 0 Å². The van der Waals surface area contributed by atoms with Crippen LogP contribution in [-0.4, -0.2) is 22.1 Å². The number of benzene rings is 1. The number of aryl methyl sites for hydroxylation is 2. The Kier molecular flexibility index (Phi) is 6.80. The fourth-order valence-corrected chi connectivity index (χ4v) is 5.86. The van der Waals surface area contributed by atoms with Crippen molar-refractivity contribution in [3.8, 4) is 0 Å². The molecule has 0 aliphatic heterocycles. The molecule has 0 bridgehead atoms. The van der Waals surface area contributed by atoms with Gasteiger partial charge in [-0.15, -0.1) is 11.3 Å². The van der Waals surface area contributed by atoms with E-state index in [-0.39, 0.29) is 5.91 Å². The number of amides is 1. The van der Waals surface area contributed by atoms with Crippen molar-refractivity contribution in [3.05, 3.63) is 81.1 Å². The minimum absolute atomic E-state index is 0.152. The normalized spacial score (nSPS) is 13.2. The Morgan fingerprint density at radius 1 is 1.18 bits per heavy atom. The zero-order valence-electron chi connectivity index (χ0n) is 18.4. The smallest absolute Gasteiger partial charge is 0.259 e. The van der Waals surface area contributed by atoms with Crippen molar-refractivity contribution in [2.45, 2.75) is 42.9 Å². The van der Waals surface area contributed by atoms with E-state index in [9.17, 15) is 4.79 Å². The first-order valence-electron chi connectivity index (χ1n) is 10.9. The average molecular weight is 509 g/mol. The molecule has 0 saturated carbocycles. The Labute approximate surface area is 210 Å². The second-order valence-electron chi connectivity index (χ2n) is 7.85. The van der Waals surface area contributed by atoms with E-state index >= 15 is 0 Å². The Bertz CT molecular complexity index is 1360. The summed E-state index contributed by atoms with van der Waals surface area (Å²) < 4.78 is 5.88. The van der Waals surface area contributed by atoms with Crippen molar-refractivity contribution >= 4 is 57.5 Å². The molecule has 1 N–H and O–H groups in total. The second-order valence-corrected chi connectivity index (χ2v) is 10.3. The van der Waals surface area contributed by atoms with E-state index in [2.05, 4.69) is 20.3 Å². The summed E-state index contributed by atoms with van der Waals surface area (Å²) in [6.45, 7) is 1.92. The van der Waals surface area contributed by atoms with E-state index < -0.39 is 0 Å². The molecule has 1 aromatic carbocycles. The summed E-state index contributed by atoms with van der Waals surface area (Å²) in [5.74, 6) is 0.451. The van der Waals surface area contributed by atoms with Gasteiger partial charge in [-0.05, 0) is 92.4 Å². The van der Waals surface area contributed by atoms with Crippen LogP contribution in [0.15, 0.2) is 68.3 Å². The number of carbonyl (C=O) groups is 1. The molecule has 3 aromatic heterocycles. The van der Waals surface area contributed by atoms with Gasteiger partial charge in [0.05, 0.1) is 11.8 Å². The summed E-state index contributed by atoms with van der Waals surface area (Å²) in [6.07, 6.45) is 7.48. The van der Waals surface area contributed by atoms with Crippen LogP contribution in [0.5, 0.6) is 0 Å². The summed E-state index contributed by atoms with van der Waals surface area (Å²) >= 11 is 8.92. The Hall–Kier alpha value is -2.94. The van der Waals surface area contributed by atoms with Crippen LogP contribution in [-0.2, 0) is 12.8 Å². The van der Waals surface area contributed by atoms with Crippen LogP contribution in [0.1, 0.15) is 45.1 Å². The molecule has 1 amide bonds. The number of rotatable bonds is 6. The molecule has 4 aromatic rings. The van der Waals surface area contributed by atoms with Gasteiger partial charge >= 0.3 is 0 Å². The molecular formula is C25H21ClN4O2S2. The van der Waals surface area contributed by atoms with Gasteiger partial charge in [0.1, 0.15) is 10.8 Å². The highest BCUT2D eigenvalue weighted by molar-refractivity contribution is 7.99. The number of fused-ring (bicyclic) bond motifs is 1. The lowest BCUT2D eigenvalue weighted by molar-refractivity contribution is 0.102. The van der Waals surface area contributed by atoms with Crippen LogP contribution in [0.25, 0.3) is 0 Å². The molecule has 0 saturated heterocycles. The highest BCUT2D eigenvalue weighted by Crippen LogP contribution is 2.40. The first-order valence-corrected chi connectivity index (χ1v) is 12.9. The third-order valence-corrected chi connectivity index (χ3v) is 7.61. The third kappa shape index (κ3) is 5.24. The summed E-state index contributed by atoms with van der Waals surface area (Å²) in [5.41, 5.74) is 3.37. The van der Waals surface area contributed by atoms with Gasteiger partial charge in [-0.25, -0.2) is 15.0 Å². The van der Waals surface area contributed by atoms with E-state index in [1.165, 1.54) is 16.6 Å². The lowest BCUT2D eigenvalue weighted by Crippen LogP contribution is -2.14. The maximum Gasteiger partial charge on any atom is 0.259 e. The zero-order chi connectivity index (χ0) is 23.5. The predicted octanol–water partition coefficient (Wildman–Crippen LogP) is 7.13. The molecule has 0 atom stereocenters. The quantitative estimate of drug-likeness (QED) is 0.221. The lowest BCUT2D eigenvalue weighted by Gasteiger charge is -2.12. The molecule has 34 heavy (non-hydrogen) atoms. The van der Waals surface area contributed by atoms with E-state index in [1.807, 2.05) is 25.1 Å². The third-order valence-electron chi connectivity index (χ3n) is 5.36. The number of hydrogen-bond acceptors (Lipinski definition) is 7. The zero-order valence-corrected chi connectivity index (χ0v) is 20.8. The number of anilines is 1. The van der Waals surface area contributed by atoms with Crippen LogP contribution in [0.4, 0.5) is 10.7 Å². The van der Waals surface area contributed by atoms with Gasteiger partial charge in [0.25, 0.3) is 5.91 Å². The van der Waals surface area contributed by atoms with Crippen molar-refractivity contribution in [2.24, 2.45) is 4.99 Å². The Morgan fingerprint density at radius 3 is 2.82 bits per heavy atom. The molecule has 6 nitrogen and oxygen atoms in total. The summed E-state index contributed by atoms with van der Waals surface area (Å²) in [7, 11) is 0. The highest BCUT2D eigenvalue weighted by Gasteiger charge is 2.25. The van der Waals surface area contributed by atoms with Crippen molar-refractivity contribution in [2.75, 3.05) is 5.32 Å². The van der Waals surface area contributed by atoms with E-state index in [0.717, 1.165) is 36.9 Å². The summed E-state index contributed by atoms with van der Waals surface area (Å²) in [6, 6.07) is 12.7. The van der Waals surface area contributed by atoms with Crippen LogP contribution in [0, 0.1) is 6.92 Å². The Balaban J connectivity index is 1.38. The molecule has 0 fully saturated rings. The van der Waals surface area contributed by atoms with Gasteiger partial charge in [0.15, 0.2) is 10.2 Å². The number of aromatic nitrogens is 2. The number of aliphatic imine (C=N–C) groups is 1. The maximum atomic E-state index is 13.2. The SMILES string of the molecule is Cc1ccnc(Sc2ccc(C=Nc3sc4c(c3C(=O)Nc3ccc(Cl)cc3)CCCC4)o2)n1. The highest BCUT2D eigenvalue weighted by atomic mass is 35.5. The number of nitrogens with zero attached hydrogens (tertiary/aromatic N) is 3. The fourth-order valence-electron chi connectivity index (χ4n) is 3.75. The predicted molar refractivity (Wildman–Crippen MR) is 137 cm³/mol. The van der Waals surface area contributed by atoms with Gasteiger partial charge < -0.3 is 9.73 Å². The minimum atomic E-state index is -0.152. The van der Waals surface area contributed by atoms with Crippen LogP contribution in [0.2, 0.25) is 5.02 Å². The van der Waals surface area contributed by atoms with E-state index in [0.29, 0.717) is 37.3 Å². The van der Waals surface area contributed by atoms with Crippen LogP contribution >= 0.6 is 34.7 Å². The van der Waals surface area contributed by atoms with Crippen LogP contribution < -0.4 is 5.32 Å². The monoisotopic (exact) mass is 508 g/mol. The minimum Gasteiger partial charge on any atom is -0.448 e. The van der Waals surface area contributed by atoms with Crippen LogP contribution in [0.3, 0.4) is 0 Å². The van der Waals surface area contributed by atoms with Gasteiger partial charge in [-0.3, -0.25) is 4.79 Å². The number of thiophene rings is 1. The van der Waals surface area contributed by atoms with Crippen molar-refractivity contribution in [1.82, 2.24) is 9.97 Å². The van der Waals surface area contributed by atoms with Crippen molar-refractivity contribution in [3.63, 3.8) is 0 Å². The average Bonchev–Trinajstić information content (AvgIpc) is 3.43. The molecule has 5 rings (SSSR count). The standard InChI is InChI=1S/C25H21ClN4O2S2/c1-15-12-13-27-25(29-15)34-21-11-10-18(32-21)14-28-24-22(19-4-2-3-5-20(19)33-24)23(31)30-17-8-6-16(26)7-9-17/h6-14H,2-5H2,1H3,(H,30,31). The van der Waals surface area contributed by atoms with Crippen molar-refractivity contribution in [1.29, 1.82) is 0 Å². The topological polar surface area (TPSA) is 80.4 Å². The summed E-state index contributed by atoms with van der Waals surface area (Å²) in [5, 5.41) is 5.63. The molecule has 0 radical (unpaired) electrons. The largest absolute Gasteiger partial charge is 0.448 e. The molecular weight excluding hydrogens is 488 g/mol. The molecule has 1 aliphatic carbocycles. The molecule has 172 valence electrons. The summed E-state index contributed by atoms with van der Waals surface area (Å²) in [4.78, 5) is 27.8. The number of carbonyl (C=O) groups excluding carboxylic acids is 1. The number of hydrogen-bond donors (Lipinski definition) is 1. The molecule has 1 aliphatic rings. The van der Waals surface area contributed by atoms with E-state index in [4.69, 9.17) is 16.0 Å². The van der Waals surface area contributed by atoms with Gasteiger partial charge in [-0.2, -0.15) is 0 Å². The number of furan rings is 1. The molecule has 9 heteroatoms. The van der Waals surface area contributed by atoms with Gasteiger partial charge in [0, 0.05) is 27.5 Å².